The van der Waals surface area contributed by atoms with E-state index >= 15 is 0 Å². The zero-order valence-corrected chi connectivity index (χ0v) is 18.2. The van der Waals surface area contributed by atoms with Gasteiger partial charge in [0.05, 0.1) is 4.90 Å². The fourth-order valence-electron chi connectivity index (χ4n) is 2.81. The van der Waals surface area contributed by atoms with Gasteiger partial charge in [0.2, 0.25) is 15.9 Å². The zero-order chi connectivity index (χ0) is 20.4. The minimum Gasteiger partial charge on any atom is -0.486 e. The van der Waals surface area contributed by atoms with Crippen LogP contribution in [0.2, 0.25) is 0 Å². The Balaban J connectivity index is 2.03. The van der Waals surface area contributed by atoms with Crippen LogP contribution in [-0.4, -0.2) is 52.1 Å². The fourth-order valence-corrected chi connectivity index (χ4v) is 4.53. The Morgan fingerprint density at radius 3 is 2.64 bits per heavy atom. The first kappa shape index (κ1) is 22.8. The standard InChI is InChI=1S/C19H30N2O5S2/c1-3-4-5-6-10-20-19(22)16(9-13-27-2)21-28(23,24)15-7-8-17-18(14-15)26-12-11-25-17/h7-8,14,16,21H,3-6,9-13H2,1-2H3,(H,20,22)/t16-/m1/s1. The maximum absolute atomic E-state index is 12.8. The molecule has 1 aliphatic heterocycles. The maximum atomic E-state index is 12.8. The van der Waals surface area contributed by atoms with Crippen molar-refractivity contribution in [3.63, 3.8) is 0 Å². The molecule has 28 heavy (non-hydrogen) atoms. The molecule has 0 aromatic heterocycles. The highest BCUT2D eigenvalue weighted by molar-refractivity contribution is 7.98. The summed E-state index contributed by atoms with van der Waals surface area (Å²) in [5.41, 5.74) is 0. The van der Waals surface area contributed by atoms with Gasteiger partial charge >= 0.3 is 0 Å². The predicted molar refractivity (Wildman–Crippen MR) is 112 cm³/mol. The Labute approximate surface area is 172 Å². The second-order valence-electron chi connectivity index (χ2n) is 6.61. The van der Waals surface area contributed by atoms with Crippen molar-refractivity contribution in [3.05, 3.63) is 18.2 Å². The summed E-state index contributed by atoms with van der Waals surface area (Å²) in [6.07, 6.45) is 6.54. The topological polar surface area (TPSA) is 93.7 Å². The van der Waals surface area contributed by atoms with E-state index in [0.717, 1.165) is 25.7 Å². The molecule has 0 unspecified atom stereocenters. The van der Waals surface area contributed by atoms with Crippen LogP contribution in [0.15, 0.2) is 23.1 Å². The van der Waals surface area contributed by atoms with Crippen molar-refractivity contribution in [1.29, 1.82) is 0 Å². The number of sulfonamides is 1. The molecule has 1 heterocycles. The third kappa shape index (κ3) is 6.86. The average molecular weight is 431 g/mol. The molecule has 1 amide bonds. The first-order valence-electron chi connectivity index (χ1n) is 9.66. The number of hydrogen-bond acceptors (Lipinski definition) is 6. The summed E-state index contributed by atoms with van der Waals surface area (Å²) in [7, 11) is -3.86. The van der Waals surface area contributed by atoms with Crippen molar-refractivity contribution >= 4 is 27.7 Å². The smallest absolute Gasteiger partial charge is 0.241 e. The van der Waals surface area contributed by atoms with Gasteiger partial charge in [0.15, 0.2) is 11.5 Å². The van der Waals surface area contributed by atoms with Crippen molar-refractivity contribution in [2.24, 2.45) is 0 Å². The number of thioether (sulfide) groups is 1. The van der Waals surface area contributed by atoms with Crippen molar-refractivity contribution in [2.45, 2.75) is 50.0 Å². The van der Waals surface area contributed by atoms with Gasteiger partial charge in [-0.05, 0) is 37.0 Å². The van der Waals surface area contributed by atoms with Gasteiger partial charge in [-0.2, -0.15) is 16.5 Å². The molecule has 0 saturated heterocycles. The van der Waals surface area contributed by atoms with Gasteiger partial charge in [-0.3, -0.25) is 4.79 Å². The van der Waals surface area contributed by atoms with Gasteiger partial charge in [0, 0.05) is 12.6 Å². The monoisotopic (exact) mass is 430 g/mol. The van der Waals surface area contributed by atoms with Crippen LogP contribution in [0.1, 0.15) is 39.0 Å². The number of nitrogens with one attached hydrogen (secondary N) is 2. The molecular formula is C19H30N2O5S2. The molecule has 0 spiro atoms. The Morgan fingerprint density at radius 2 is 1.93 bits per heavy atom. The first-order valence-corrected chi connectivity index (χ1v) is 12.5. The second-order valence-corrected chi connectivity index (χ2v) is 9.31. The van der Waals surface area contributed by atoms with E-state index in [1.807, 2.05) is 6.26 Å². The van der Waals surface area contributed by atoms with E-state index in [-0.39, 0.29) is 10.8 Å². The minimum absolute atomic E-state index is 0.0571. The Hall–Kier alpha value is -1.45. The molecule has 1 aliphatic rings. The van der Waals surface area contributed by atoms with Crippen molar-refractivity contribution < 1.29 is 22.7 Å². The van der Waals surface area contributed by atoms with E-state index in [9.17, 15) is 13.2 Å². The molecule has 9 heteroatoms. The Morgan fingerprint density at radius 1 is 1.18 bits per heavy atom. The van der Waals surface area contributed by atoms with Crippen LogP contribution in [0, 0.1) is 0 Å². The summed E-state index contributed by atoms with van der Waals surface area (Å²) in [4.78, 5) is 12.6. The van der Waals surface area contributed by atoms with Crippen molar-refractivity contribution in [1.82, 2.24) is 10.0 Å². The summed E-state index contributed by atoms with van der Waals surface area (Å²) < 4.78 is 39.1. The highest BCUT2D eigenvalue weighted by Crippen LogP contribution is 2.32. The Bertz CT molecular complexity index is 740. The average Bonchev–Trinajstić information content (AvgIpc) is 2.70. The molecule has 0 bridgehead atoms. The number of fused-ring (bicyclic) bond motifs is 1. The molecule has 0 saturated carbocycles. The highest BCUT2D eigenvalue weighted by Gasteiger charge is 2.26. The van der Waals surface area contributed by atoms with E-state index in [4.69, 9.17) is 9.47 Å². The normalized spacial score (nSPS) is 14.5. The van der Waals surface area contributed by atoms with Crippen LogP contribution in [0.5, 0.6) is 11.5 Å². The number of carbonyl (C=O) groups is 1. The van der Waals surface area contributed by atoms with E-state index in [1.54, 1.807) is 17.8 Å². The summed E-state index contributed by atoms with van der Waals surface area (Å²) in [6, 6.07) is 3.67. The van der Waals surface area contributed by atoms with Crippen LogP contribution in [-0.2, 0) is 14.8 Å². The number of carbonyl (C=O) groups excluding carboxylic acids is 1. The fraction of sp³-hybridized carbons (Fsp3) is 0.632. The lowest BCUT2D eigenvalue weighted by Crippen LogP contribution is -2.47. The molecule has 1 aromatic rings. The highest BCUT2D eigenvalue weighted by atomic mass is 32.2. The molecule has 1 aromatic carbocycles. The number of unbranched alkanes of at least 4 members (excludes halogenated alkanes) is 3. The molecule has 2 rings (SSSR count). The summed E-state index contributed by atoms with van der Waals surface area (Å²) in [6.45, 7) is 3.50. The quantitative estimate of drug-likeness (QED) is 0.495. The van der Waals surface area contributed by atoms with Gasteiger partial charge in [0.25, 0.3) is 0 Å². The summed E-state index contributed by atoms with van der Waals surface area (Å²) in [5.74, 6) is 1.31. The van der Waals surface area contributed by atoms with Crippen LogP contribution >= 0.6 is 11.8 Å². The van der Waals surface area contributed by atoms with Gasteiger partial charge in [-0.25, -0.2) is 8.42 Å². The molecule has 2 N–H and O–H groups in total. The first-order chi connectivity index (χ1) is 13.5. The largest absolute Gasteiger partial charge is 0.486 e. The molecule has 7 nitrogen and oxygen atoms in total. The molecular weight excluding hydrogens is 400 g/mol. The van der Waals surface area contributed by atoms with E-state index < -0.39 is 16.1 Å². The maximum Gasteiger partial charge on any atom is 0.241 e. The van der Waals surface area contributed by atoms with Gasteiger partial charge in [-0.1, -0.05) is 26.2 Å². The summed E-state index contributed by atoms with van der Waals surface area (Å²) in [5, 5.41) is 2.85. The SMILES string of the molecule is CCCCCCNC(=O)[C@@H](CCSC)NS(=O)(=O)c1ccc2c(c1)OCCO2. The molecule has 1 atom stereocenters. The third-order valence-electron chi connectivity index (χ3n) is 4.38. The lowest BCUT2D eigenvalue weighted by atomic mass is 10.2. The van der Waals surface area contributed by atoms with Crippen LogP contribution in [0.3, 0.4) is 0 Å². The number of benzene rings is 1. The summed E-state index contributed by atoms with van der Waals surface area (Å²) >= 11 is 1.57. The lowest BCUT2D eigenvalue weighted by molar-refractivity contribution is -0.122. The Kier molecular flexibility index (Phi) is 9.40. The number of ether oxygens (including phenoxy) is 2. The van der Waals surface area contributed by atoms with Crippen LogP contribution in [0.4, 0.5) is 0 Å². The third-order valence-corrected chi connectivity index (χ3v) is 6.49. The van der Waals surface area contributed by atoms with Gasteiger partial charge in [-0.15, -0.1) is 0 Å². The molecule has 0 radical (unpaired) electrons. The van der Waals surface area contributed by atoms with E-state index in [0.29, 0.717) is 43.4 Å². The van der Waals surface area contributed by atoms with Gasteiger partial charge in [0.1, 0.15) is 19.3 Å². The lowest BCUT2D eigenvalue weighted by Gasteiger charge is -2.21. The number of hydrogen-bond donors (Lipinski definition) is 2. The van der Waals surface area contributed by atoms with E-state index in [1.165, 1.54) is 12.1 Å². The van der Waals surface area contributed by atoms with Crippen LogP contribution < -0.4 is 19.5 Å². The number of rotatable bonds is 12. The zero-order valence-electron chi connectivity index (χ0n) is 16.5. The van der Waals surface area contributed by atoms with Gasteiger partial charge < -0.3 is 14.8 Å². The predicted octanol–water partition coefficient (Wildman–Crippen LogP) is 2.55. The van der Waals surface area contributed by atoms with Crippen LogP contribution in [0.25, 0.3) is 0 Å². The number of amides is 1. The second kappa shape index (κ2) is 11.5. The molecule has 158 valence electrons. The minimum atomic E-state index is -3.86. The molecule has 0 aliphatic carbocycles. The van der Waals surface area contributed by atoms with Crippen molar-refractivity contribution in [2.75, 3.05) is 31.8 Å². The van der Waals surface area contributed by atoms with Crippen molar-refractivity contribution in [3.8, 4) is 11.5 Å². The van der Waals surface area contributed by atoms with E-state index in [2.05, 4.69) is 17.0 Å². The molecule has 0 fully saturated rings.